The molecule has 0 fully saturated rings. The number of hydrogen-bond donors (Lipinski definition) is 1. The van der Waals surface area contributed by atoms with Crippen LogP contribution < -0.4 is 5.32 Å². The number of nitrogens with zero attached hydrogens (tertiary/aromatic N) is 1. The average molecular weight is 216 g/mol. The van der Waals surface area contributed by atoms with Crippen molar-refractivity contribution in [3.63, 3.8) is 0 Å². The molecule has 0 radical (unpaired) electrons. The highest BCUT2D eigenvalue weighted by Gasteiger charge is 2.08. The fourth-order valence-corrected chi connectivity index (χ4v) is 1.65. The number of aromatic nitrogens is 1. The molecule has 0 saturated heterocycles. The number of aryl methyl sites for hydroxylation is 1. The van der Waals surface area contributed by atoms with Crippen LogP contribution in [0, 0.1) is 6.92 Å². The second-order valence-electron chi connectivity index (χ2n) is 3.89. The van der Waals surface area contributed by atoms with Crippen molar-refractivity contribution in [3.8, 4) is 11.1 Å². The van der Waals surface area contributed by atoms with Crippen LogP contribution in [0.25, 0.3) is 11.1 Å². The Morgan fingerprint density at radius 3 is 2.69 bits per heavy atom. The molecule has 3 nitrogen and oxygen atoms in total. The molecule has 3 heteroatoms. The Bertz CT molecular complexity index is 445. The molecule has 1 aromatic heterocycles. The lowest BCUT2D eigenvalue weighted by Gasteiger charge is -2.01. The molecule has 84 valence electrons. The summed E-state index contributed by atoms with van der Waals surface area (Å²) >= 11 is 0. The first kappa shape index (κ1) is 10.9. The van der Waals surface area contributed by atoms with E-state index in [1.165, 1.54) is 5.56 Å². The number of nitrogens with one attached hydrogen (secondary N) is 1. The van der Waals surface area contributed by atoms with Crippen LogP contribution in [0.4, 0.5) is 0 Å². The predicted octanol–water partition coefficient (Wildman–Crippen LogP) is 2.41. The summed E-state index contributed by atoms with van der Waals surface area (Å²) in [6.45, 7) is 2.99. The summed E-state index contributed by atoms with van der Waals surface area (Å²) in [7, 11) is 1.94. The maximum absolute atomic E-state index is 5.05. The number of likely N-dealkylation sites (N-methyl/N-ethyl adjacent to an activating group) is 1. The van der Waals surface area contributed by atoms with Gasteiger partial charge in [0.05, 0.1) is 5.69 Å². The van der Waals surface area contributed by atoms with Crippen LogP contribution >= 0.6 is 0 Å². The van der Waals surface area contributed by atoms with E-state index < -0.39 is 0 Å². The Hall–Kier alpha value is -1.61. The van der Waals surface area contributed by atoms with Crippen LogP contribution in [-0.4, -0.2) is 18.7 Å². The van der Waals surface area contributed by atoms with Gasteiger partial charge in [-0.3, -0.25) is 0 Å². The molecule has 0 aliphatic heterocycles. The topological polar surface area (TPSA) is 38.1 Å². The second kappa shape index (κ2) is 4.94. The summed E-state index contributed by atoms with van der Waals surface area (Å²) in [6.07, 6.45) is 2.60. The molecule has 0 spiro atoms. The quantitative estimate of drug-likeness (QED) is 0.853. The van der Waals surface area contributed by atoms with Crippen LogP contribution in [-0.2, 0) is 6.42 Å². The summed E-state index contributed by atoms with van der Waals surface area (Å²) in [4.78, 5) is 0. The maximum Gasteiger partial charge on any atom is 0.131 e. The van der Waals surface area contributed by atoms with Crippen molar-refractivity contribution in [3.05, 3.63) is 41.8 Å². The first-order chi connectivity index (χ1) is 7.81. The van der Waals surface area contributed by atoms with E-state index in [9.17, 15) is 0 Å². The molecule has 0 atom stereocenters. The number of benzene rings is 1. The summed E-state index contributed by atoms with van der Waals surface area (Å²) < 4.78 is 5.05. The molecule has 1 aromatic carbocycles. The largest absolute Gasteiger partial charge is 0.364 e. The van der Waals surface area contributed by atoms with Gasteiger partial charge in [-0.1, -0.05) is 35.0 Å². The lowest BCUT2D eigenvalue weighted by molar-refractivity contribution is 0.411. The minimum atomic E-state index is 0.885. The molecular weight excluding hydrogens is 200 g/mol. The molecule has 1 N–H and O–H groups in total. The maximum atomic E-state index is 5.05. The molecular formula is C13H16N2O. The molecule has 2 rings (SSSR count). The molecule has 2 aromatic rings. The van der Waals surface area contributed by atoms with Crippen molar-refractivity contribution in [1.29, 1.82) is 0 Å². The first-order valence-corrected chi connectivity index (χ1v) is 5.46. The number of rotatable bonds is 4. The molecule has 0 unspecified atom stereocenters. The second-order valence-corrected chi connectivity index (χ2v) is 3.89. The van der Waals surface area contributed by atoms with Gasteiger partial charge in [-0.05, 0) is 19.5 Å². The highest BCUT2D eigenvalue weighted by Crippen LogP contribution is 2.23. The van der Waals surface area contributed by atoms with Gasteiger partial charge < -0.3 is 9.84 Å². The van der Waals surface area contributed by atoms with E-state index in [1.807, 2.05) is 7.05 Å². The lowest BCUT2D eigenvalue weighted by atomic mass is 10.0. The summed E-state index contributed by atoms with van der Waals surface area (Å²) in [6, 6.07) is 8.41. The Kier molecular flexibility index (Phi) is 3.37. The first-order valence-electron chi connectivity index (χ1n) is 5.46. The summed E-state index contributed by atoms with van der Waals surface area (Å²) in [5, 5.41) is 7.15. The Labute approximate surface area is 95.5 Å². The lowest BCUT2D eigenvalue weighted by Crippen LogP contribution is -2.10. The normalized spacial score (nSPS) is 10.6. The molecule has 16 heavy (non-hydrogen) atoms. The molecule has 0 aliphatic carbocycles. The third-order valence-electron chi connectivity index (χ3n) is 2.62. The zero-order chi connectivity index (χ0) is 11.4. The van der Waals surface area contributed by atoms with Crippen LogP contribution in [0.15, 0.2) is 35.1 Å². The highest BCUT2D eigenvalue weighted by atomic mass is 16.5. The van der Waals surface area contributed by atoms with Crippen molar-refractivity contribution in [2.75, 3.05) is 13.6 Å². The van der Waals surface area contributed by atoms with Crippen LogP contribution in [0.3, 0.4) is 0 Å². The van der Waals surface area contributed by atoms with Gasteiger partial charge in [-0.2, -0.15) is 0 Å². The fourth-order valence-electron chi connectivity index (χ4n) is 1.65. The van der Waals surface area contributed by atoms with E-state index in [0.29, 0.717) is 0 Å². The van der Waals surface area contributed by atoms with Crippen molar-refractivity contribution in [1.82, 2.24) is 10.5 Å². The van der Waals surface area contributed by atoms with Gasteiger partial charge in [0.25, 0.3) is 0 Å². The molecule has 0 saturated carbocycles. The van der Waals surface area contributed by atoms with Crippen LogP contribution in [0.5, 0.6) is 0 Å². The minimum absolute atomic E-state index is 0.885. The van der Waals surface area contributed by atoms with Crippen LogP contribution in [0.2, 0.25) is 0 Å². The van der Waals surface area contributed by atoms with Crippen molar-refractivity contribution in [2.24, 2.45) is 0 Å². The molecule has 0 aliphatic rings. The van der Waals surface area contributed by atoms with Gasteiger partial charge >= 0.3 is 0 Å². The van der Waals surface area contributed by atoms with Crippen molar-refractivity contribution in [2.45, 2.75) is 13.3 Å². The fraction of sp³-hybridized carbons (Fsp3) is 0.308. The third kappa shape index (κ3) is 2.31. The Morgan fingerprint density at radius 2 is 2.00 bits per heavy atom. The Balaban J connectivity index is 2.26. The Morgan fingerprint density at radius 1 is 1.25 bits per heavy atom. The van der Waals surface area contributed by atoms with Gasteiger partial charge in [0, 0.05) is 18.5 Å². The SMILES string of the molecule is CNCCc1nocc1-c1ccc(C)cc1. The van der Waals surface area contributed by atoms with E-state index in [1.54, 1.807) is 6.26 Å². The standard InChI is InChI=1S/C13H16N2O/c1-10-3-5-11(6-4-10)12-9-16-15-13(12)7-8-14-2/h3-6,9,14H,7-8H2,1-2H3. The molecule has 0 bridgehead atoms. The van der Waals surface area contributed by atoms with Crippen molar-refractivity contribution >= 4 is 0 Å². The zero-order valence-electron chi connectivity index (χ0n) is 9.66. The third-order valence-corrected chi connectivity index (χ3v) is 2.62. The summed E-state index contributed by atoms with van der Waals surface area (Å²) in [5.74, 6) is 0. The smallest absolute Gasteiger partial charge is 0.131 e. The van der Waals surface area contributed by atoms with E-state index in [4.69, 9.17) is 4.52 Å². The van der Waals surface area contributed by atoms with E-state index in [-0.39, 0.29) is 0 Å². The van der Waals surface area contributed by atoms with Crippen LogP contribution in [0.1, 0.15) is 11.3 Å². The zero-order valence-corrected chi connectivity index (χ0v) is 9.66. The van der Waals surface area contributed by atoms with Gasteiger partial charge in [0.2, 0.25) is 0 Å². The van der Waals surface area contributed by atoms with E-state index >= 15 is 0 Å². The van der Waals surface area contributed by atoms with Gasteiger partial charge in [0.15, 0.2) is 0 Å². The summed E-state index contributed by atoms with van der Waals surface area (Å²) in [5.41, 5.74) is 4.53. The average Bonchev–Trinajstić information content (AvgIpc) is 2.75. The van der Waals surface area contributed by atoms with Gasteiger partial charge in [0.1, 0.15) is 6.26 Å². The van der Waals surface area contributed by atoms with E-state index in [0.717, 1.165) is 29.8 Å². The minimum Gasteiger partial charge on any atom is -0.364 e. The monoisotopic (exact) mass is 216 g/mol. The molecule has 1 heterocycles. The molecule has 0 amide bonds. The van der Waals surface area contributed by atoms with Gasteiger partial charge in [-0.15, -0.1) is 0 Å². The van der Waals surface area contributed by atoms with Gasteiger partial charge in [-0.25, -0.2) is 0 Å². The predicted molar refractivity (Wildman–Crippen MR) is 64.3 cm³/mol. The number of hydrogen-bond acceptors (Lipinski definition) is 3. The van der Waals surface area contributed by atoms with Crippen molar-refractivity contribution < 1.29 is 4.52 Å². The highest BCUT2D eigenvalue weighted by molar-refractivity contribution is 5.64. The van der Waals surface area contributed by atoms with E-state index in [2.05, 4.69) is 41.7 Å².